The predicted octanol–water partition coefficient (Wildman–Crippen LogP) is 2.57. The summed E-state index contributed by atoms with van der Waals surface area (Å²) in [6.07, 6.45) is 1.52. The summed E-state index contributed by atoms with van der Waals surface area (Å²) in [4.78, 5) is 13.9. The maximum atomic E-state index is 13.3. The number of nitrogens with one attached hydrogen (secondary N) is 1. The van der Waals surface area contributed by atoms with E-state index in [-0.39, 0.29) is 23.1 Å². The van der Waals surface area contributed by atoms with E-state index >= 15 is 0 Å². The Hall–Kier alpha value is -2.66. The fourth-order valence-corrected chi connectivity index (χ4v) is 2.97. The Morgan fingerprint density at radius 2 is 1.96 bits per heavy atom. The van der Waals surface area contributed by atoms with Crippen molar-refractivity contribution < 1.29 is 23.9 Å². The zero-order chi connectivity index (χ0) is 18.0. The molecule has 25 heavy (non-hydrogen) atoms. The molecule has 0 atom stereocenters. The van der Waals surface area contributed by atoms with Gasteiger partial charge in [0.25, 0.3) is 0 Å². The van der Waals surface area contributed by atoms with E-state index in [0.717, 1.165) is 13.1 Å². The van der Waals surface area contributed by atoms with Gasteiger partial charge in [-0.3, -0.25) is 4.79 Å². The van der Waals surface area contributed by atoms with Crippen molar-refractivity contribution in [2.24, 2.45) is 0 Å². The van der Waals surface area contributed by atoms with Gasteiger partial charge in [0.1, 0.15) is 18.1 Å². The van der Waals surface area contributed by atoms with Gasteiger partial charge in [0.05, 0.1) is 24.2 Å². The molecular weight excluding hydrogens is 321 g/mol. The van der Waals surface area contributed by atoms with Crippen LogP contribution in [0.1, 0.15) is 35.3 Å². The number of Topliss-reactive ketones (excluding diaryl/α,β-unsaturated/α-hetero) is 1. The summed E-state index contributed by atoms with van der Waals surface area (Å²) in [5, 5.41) is 10.2. The van der Waals surface area contributed by atoms with Crippen LogP contribution in [0.25, 0.3) is 6.08 Å². The van der Waals surface area contributed by atoms with Crippen molar-refractivity contribution in [2.75, 3.05) is 13.1 Å². The van der Waals surface area contributed by atoms with E-state index in [4.69, 9.17) is 4.74 Å². The highest BCUT2D eigenvalue weighted by atomic mass is 19.1. The lowest BCUT2D eigenvalue weighted by molar-refractivity contribution is -0.910. The van der Waals surface area contributed by atoms with Crippen LogP contribution in [-0.4, -0.2) is 24.0 Å². The molecule has 0 fully saturated rings. The summed E-state index contributed by atoms with van der Waals surface area (Å²) >= 11 is 0. The molecule has 2 N–H and O–H groups in total. The molecule has 1 aliphatic rings. The first-order chi connectivity index (χ1) is 12.0. The standard InChI is InChI=1S/C20H20FNO3/c1-3-22(4-2)12-16-17(23)9-8-15-19(24)18(25-20(15)16)11-13-6-5-7-14(21)10-13/h5-11,23H,3-4,12H2,1-2H3/p+1/b18-11-. The quantitative estimate of drug-likeness (QED) is 0.821. The second-order valence-electron chi connectivity index (χ2n) is 6.07. The molecule has 0 amide bonds. The van der Waals surface area contributed by atoms with Gasteiger partial charge < -0.3 is 14.7 Å². The number of quaternary nitrogens is 1. The molecule has 1 heterocycles. The van der Waals surface area contributed by atoms with Crippen LogP contribution in [0, 0.1) is 5.82 Å². The molecule has 2 aromatic carbocycles. The highest BCUT2D eigenvalue weighted by Gasteiger charge is 2.32. The number of carbonyl (C=O) groups excluding carboxylic acids is 1. The number of benzene rings is 2. The number of hydrogen-bond acceptors (Lipinski definition) is 3. The Balaban J connectivity index is 1.98. The van der Waals surface area contributed by atoms with Gasteiger partial charge in [0.15, 0.2) is 11.5 Å². The van der Waals surface area contributed by atoms with Crippen LogP contribution in [0.15, 0.2) is 42.2 Å². The molecule has 0 aromatic heterocycles. The average molecular weight is 342 g/mol. The van der Waals surface area contributed by atoms with Crippen molar-refractivity contribution in [1.29, 1.82) is 0 Å². The Labute approximate surface area is 146 Å². The van der Waals surface area contributed by atoms with Crippen molar-refractivity contribution in [1.82, 2.24) is 0 Å². The minimum atomic E-state index is -0.374. The largest absolute Gasteiger partial charge is 0.507 e. The number of rotatable bonds is 5. The Bertz CT molecular complexity index is 841. The smallest absolute Gasteiger partial charge is 0.231 e. The van der Waals surface area contributed by atoms with Crippen LogP contribution >= 0.6 is 0 Å². The number of allylic oxidation sites excluding steroid dienone is 1. The van der Waals surface area contributed by atoms with Crippen LogP contribution in [0.3, 0.4) is 0 Å². The summed E-state index contributed by atoms with van der Waals surface area (Å²) in [7, 11) is 0. The maximum absolute atomic E-state index is 13.3. The van der Waals surface area contributed by atoms with E-state index in [2.05, 4.69) is 13.8 Å². The summed E-state index contributed by atoms with van der Waals surface area (Å²) in [5.74, 6) is 0.0443. The predicted molar refractivity (Wildman–Crippen MR) is 93.2 cm³/mol. The normalized spacial score (nSPS) is 14.9. The molecule has 0 saturated carbocycles. The lowest BCUT2D eigenvalue weighted by atomic mass is 10.0. The van der Waals surface area contributed by atoms with Crippen LogP contribution in [-0.2, 0) is 6.54 Å². The van der Waals surface area contributed by atoms with Gasteiger partial charge in [-0.25, -0.2) is 4.39 Å². The molecule has 0 unspecified atom stereocenters. The van der Waals surface area contributed by atoms with Crippen LogP contribution in [0.4, 0.5) is 4.39 Å². The fraction of sp³-hybridized carbons (Fsp3) is 0.250. The van der Waals surface area contributed by atoms with E-state index < -0.39 is 0 Å². The number of aromatic hydroxyl groups is 1. The molecule has 1 aliphatic heterocycles. The maximum Gasteiger partial charge on any atom is 0.231 e. The third kappa shape index (κ3) is 3.42. The molecule has 5 heteroatoms. The van der Waals surface area contributed by atoms with Crippen LogP contribution < -0.4 is 9.64 Å². The molecule has 0 spiro atoms. The van der Waals surface area contributed by atoms with E-state index in [1.165, 1.54) is 29.2 Å². The molecule has 0 aliphatic carbocycles. The second-order valence-corrected chi connectivity index (χ2v) is 6.07. The lowest BCUT2D eigenvalue weighted by Gasteiger charge is -2.17. The van der Waals surface area contributed by atoms with E-state index in [0.29, 0.717) is 29.0 Å². The number of ether oxygens (including phenoxy) is 1. The molecule has 0 bridgehead atoms. The summed E-state index contributed by atoms with van der Waals surface area (Å²) in [5.41, 5.74) is 1.62. The third-order valence-corrected chi connectivity index (χ3v) is 4.49. The van der Waals surface area contributed by atoms with Gasteiger partial charge in [0.2, 0.25) is 5.78 Å². The Morgan fingerprint density at radius 3 is 2.64 bits per heavy atom. The lowest BCUT2D eigenvalue weighted by Crippen LogP contribution is -3.10. The number of fused-ring (bicyclic) bond motifs is 1. The van der Waals surface area contributed by atoms with Crippen LogP contribution in [0.5, 0.6) is 11.5 Å². The number of phenols is 1. The highest BCUT2D eigenvalue weighted by Crippen LogP contribution is 2.39. The van der Waals surface area contributed by atoms with Gasteiger partial charge in [-0.05, 0) is 49.8 Å². The number of carbonyl (C=O) groups is 1. The first-order valence-corrected chi connectivity index (χ1v) is 8.41. The van der Waals surface area contributed by atoms with Crippen LogP contribution in [0.2, 0.25) is 0 Å². The summed E-state index contributed by atoms with van der Waals surface area (Å²) in [6.45, 7) is 6.52. The first-order valence-electron chi connectivity index (χ1n) is 8.41. The number of phenolic OH excluding ortho intramolecular Hbond substituents is 1. The third-order valence-electron chi connectivity index (χ3n) is 4.49. The van der Waals surface area contributed by atoms with Crippen molar-refractivity contribution >= 4 is 11.9 Å². The minimum Gasteiger partial charge on any atom is -0.507 e. The van der Waals surface area contributed by atoms with Gasteiger partial charge in [0, 0.05) is 0 Å². The van der Waals surface area contributed by atoms with E-state index in [9.17, 15) is 14.3 Å². The van der Waals surface area contributed by atoms with Gasteiger partial charge >= 0.3 is 0 Å². The molecule has 130 valence electrons. The number of halogens is 1. The average Bonchev–Trinajstić information content (AvgIpc) is 2.90. The van der Waals surface area contributed by atoms with Crippen molar-refractivity contribution in [3.8, 4) is 11.5 Å². The van der Waals surface area contributed by atoms with Gasteiger partial charge in [-0.2, -0.15) is 0 Å². The minimum absolute atomic E-state index is 0.123. The Kier molecular flexibility index (Phi) is 4.86. The highest BCUT2D eigenvalue weighted by molar-refractivity contribution is 6.14. The number of ketones is 1. The SMILES string of the molecule is CC[NH+](CC)Cc1c(O)ccc2c1O/C(=C\c1cccc(F)c1)C2=O. The molecule has 3 rings (SSSR count). The van der Waals surface area contributed by atoms with Crippen molar-refractivity contribution in [3.63, 3.8) is 0 Å². The first kappa shape index (κ1) is 17.2. The number of hydrogen-bond donors (Lipinski definition) is 2. The molecule has 0 radical (unpaired) electrons. The van der Waals surface area contributed by atoms with Crippen molar-refractivity contribution in [2.45, 2.75) is 20.4 Å². The van der Waals surface area contributed by atoms with Crippen molar-refractivity contribution in [3.05, 3.63) is 64.7 Å². The summed E-state index contributed by atoms with van der Waals surface area (Å²) < 4.78 is 19.1. The monoisotopic (exact) mass is 342 g/mol. The molecule has 2 aromatic rings. The van der Waals surface area contributed by atoms with E-state index in [1.807, 2.05) is 0 Å². The molecule has 0 saturated heterocycles. The van der Waals surface area contributed by atoms with Gasteiger partial charge in [-0.15, -0.1) is 0 Å². The molecular formula is C20H21FNO3+. The molecule has 4 nitrogen and oxygen atoms in total. The zero-order valence-electron chi connectivity index (χ0n) is 14.3. The van der Waals surface area contributed by atoms with Gasteiger partial charge in [-0.1, -0.05) is 12.1 Å². The second kappa shape index (κ2) is 7.07. The fourth-order valence-electron chi connectivity index (χ4n) is 2.97. The topological polar surface area (TPSA) is 51.0 Å². The summed E-state index contributed by atoms with van der Waals surface area (Å²) in [6, 6.07) is 9.07. The van der Waals surface area contributed by atoms with E-state index in [1.54, 1.807) is 18.2 Å². The Morgan fingerprint density at radius 1 is 1.20 bits per heavy atom. The zero-order valence-corrected chi connectivity index (χ0v) is 14.3.